The predicted octanol–water partition coefficient (Wildman–Crippen LogP) is 1.13. The van der Waals surface area contributed by atoms with Gasteiger partial charge in [0.1, 0.15) is 6.17 Å². The van der Waals surface area contributed by atoms with E-state index < -0.39 is 0 Å². The first-order valence-corrected chi connectivity index (χ1v) is 5.10. The van der Waals surface area contributed by atoms with Crippen LogP contribution in [-0.2, 0) is 0 Å². The van der Waals surface area contributed by atoms with E-state index in [1.54, 1.807) is 12.1 Å². The third-order valence-electron chi connectivity index (χ3n) is 1.96. The number of hydrogen-bond donors (Lipinski definition) is 3. The number of hydrogen-bond acceptors (Lipinski definition) is 3. The van der Waals surface area contributed by atoms with E-state index in [0.29, 0.717) is 16.1 Å². The van der Waals surface area contributed by atoms with E-state index in [4.69, 9.17) is 29.6 Å². The molecule has 15 heavy (non-hydrogen) atoms. The topological polar surface area (TPSA) is 62.4 Å². The van der Waals surface area contributed by atoms with Crippen LogP contribution < -0.4 is 16.4 Å². The summed E-state index contributed by atoms with van der Waals surface area (Å²) in [4.78, 5) is 4.17. The summed E-state index contributed by atoms with van der Waals surface area (Å²) in [6.07, 6.45) is -0.240. The summed E-state index contributed by atoms with van der Waals surface area (Å²) in [6, 6.07) is 7.36. The van der Waals surface area contributed by atoms with Crippen LogP contribution in [0, 0.1) is 0 Å². The van der Waals surface area contributed by atoms with Gasteiger partial charge in [0.05, 0.1) is 0 Å². The normalized spacial score (nSPS) is 20.2. The number of guanidine groups is 1. The van der Waals surface area contributed by atoms with Gasteiger partial charge < -0.3 is 16.4 Å². The van der Waals surface area contributed by atoms with Crippen molar-refractivity contribution >= 4 is 34.9 Å². The molecule has 4 nitrogen and oxygen atoms in total. The highest BCUT2D eigenvalue weighted by atomic mass is 35.5. The molecule has 0 radical (unpaired) electrons. The van der Waals surface area contributed by atoms with Gasteiger partial charge in [0.15, 0.2) is 11.1 Å². The Bertz CT molecular complexity index is 415. The third kappa shape index (κ3) is 2.37. The molecular weight excluding hydrogens is 232 g/mol. The number of aliphatic imine (C=N–C) groups is 1. The molecule has 0 fully saturated rings. The summed E-state index contributed by atoms with van der Waals surface area (Å²) in [6.45, 7) is 0. The molecule has 0 amide bonds. The van der Waals surface area contributed by atoms with E-state index in [2.05, 4.69) is 15.6 Å². The Kier molecular flexibility index (Phi) is 2.75. The summed E-state index contributed by atoms with van der Waals surface area (Å²) in [5, 5.41) is 6.87. The second-order valence-electron chi connectivity index (χ2n) is 3.07. The Labute approximate surface area is 97.5 Å². The number of benzene rings is 1. The van der Waals surface area contributed by atoms with Crippen LogP contribution in [0.2, 0.25) is 5.02 Å². The molecule has 6 heteroatoms. The number of thiocarbonyl (C=S) groups is 1. The van der Waals surface area contributed by atoms with E-state index in [1.807, 2.05) is 12.1 Å². The molecule has 0 saturated heterocycles. The molecule has 0 aliphatic carbocycles. The summed E-state index contributed by atoms with van der Waals surface area (Å²) < 4.78 is 0. The molecule has 1 aromatic rings. The van der Waals surface area contributed by atoms with Gasteiger partial charge in [0, 0.05) is 5.02 Å². The van der Waals surface area contributed by atoms with Crippen molar-refractivity contribution in [2.75, 3.05) is 0 Å². The zero-order valence-corrected chi connectivity index (χ0v) is 9.27. The number of nitrogens with zero attached hydrogens (tertiary/aromatic N) is 1. The van der Waals surface area contributed by atoms with E-state index >= 15 is 0 Å². The minimum atomic E-state index is -0.240. The lowest BCUT2D eigenvalue weighted by Gasteiger charge is -2.23. The summed E-state index contributed by atoms with van der Waals surface area (Å²) in [5.74, 6) is 0.318. The number of nitrogens with two attached hydrogens (primary N) is 1. The molecule has 1 heterocycles. The molecule has 0 aromatic heterocycles. The quantitative estimate of drug-likeness (QED) is 0.644. The lowest BCUT2D eigenvalue weighted by molar-refractivity contribution is 0.660. The zero-order valence-electron chi connectivity index (χ0n) is 7.70. The van der Waals surface area contributed by atoms with Crippen molar-refractivity contribution in [2.45, 2.75) is 6.17 Å². The van der Waals surface area contributed by atoms with Crippen molar-refractivity contribution in [1.82, 2.24) is 10.6 Å². The maximum Gasteiger partial charge on any atom is 0.197 e. The fourth-order valence-corrected chi connectivity index (χ4v) is 1.63. The van der Waals surface area contributed by atoms with Crippen LogP contribution in [0.4, 0.5) is 0 Å². The largest absolute Gasteiger partial charge is 0.370 e. The van der Waals surface area contributed by atoms with Crippen molar-refractivity contribution in [2.24, 2.45) is 10.7 Å². The van der Waals surface area contributed by atoms with Crippen molar-refractivity contribution in [3.8, 4) is 0 Å². The summed E-state index contributed by atoms with van der Waals surface area (Å²) in [5.41, 5.74) is 6.53. The summed E-state index contributed by atoms with van der Waals surface area (Å²) in [7, 11) is 0. The fourth-order valence-electron chi connectivity index (χ4n) is 1.28. The molecule has 1 atom stereocenters. The van der Waals surface area contributed by atoms with E-state index in [-0.39, 0.29) is 6.17 Å². The number of rotatable bonds is 1. The van der Waals surface area contributed by atoms with Crippen LogP contribution in [-0.4, -0.2) is 11.1 Å². The lowest BCUT2D eigenvalue weighted by Crippen LogP contribution is -2.49. The third-order valence-corrected chi connectivity index (χ3v) is 2.44. The molecule has 0 bridgehead atoms. The maximum absolute atomic E-state index is 5.79. The highest BCUT2D eigenvalue weighted by Crippen LogP contribution is 2.18. The smallest absolute Gasteiger partial charge is 0.197 e. The Morgan fingerprint density at radius 1 is 1.33 bits per heavy atom. The Hall–Kier alpha value is -1.33. The van der Waals surface area contributed by atoms with Crippen LogP contribution in [0.1, 0.15) is 11.7 Å². The molecule has 1 aliphatic rings. The minimum absolute atomic E-state index is 0.240. The average molecular weight is 241 g/mol. The highest BCUT2D eigenvalue weighted by Gasteiger charge is 2.16. The van der Waals surface area contributed by atoms with Gasteiger partial charge in [0.2, 0.25) is 0 Å². The number of halogens is 1. The van der Waals surface area contributed by atoms with Gasteiger partial charge >= 0.3 is 0 Å². The molecule has 1 aromatic carbocycles. The summed E-state index contributed by atoms with van der Waals surface area (Å²) >= 11 is 10.8. The van der Waals surface area contributed by atoms with Gasteiger partial charge in [-0.25, -0.2) is 4.99 Å². The lowest BCUT2D eigenvalue weighted by atomic mass is 10.2. The fraction of sp³-hybridized carbons (Fsp3) is 0.111. The second-order valence-corrected chi connectivity index (χ2v) is 3.91. The molecule has 78 valence electrons. The van der Waals surface area contributed by atoms with Gasteiger partial charge in [-0.3, -0.25) is 0 Å². The number of nitrogens with one attached hydrogen (secondary N) is 2. The predicted molar refractivity (Wildman–Crippen MR) is 64.7 cm³/mol. The van der Waals surface area contributed by atoms with Crippen LogP contribution in [0.25, 0.3) is 0 Å². The Balaban J connectivity index is 2.27. The van der Waals surface area contributed by atoms with Gasteiger partial charge in [-0.1, -0.05) is 23.7 Å². The first-order chi connectivity index (χ1) is 7.15. The van der Waals surface area contributed by atoms with Gasteiger partial charge in [-0.2, -0.15) is 0 Å². The molecular formula is C9H9ClN4S. The molecule has 0 saturated carbocycles. The van der Waals surface area contributed by atoms with Crippen molar-refractivity contribution in [1.29, 1.82) is 0 Å². The monoisotopic (exact) mass is 240 g/mol. The van der Waals surface area contributed by atoms with Crippen LogP contribution >= 0.6 is 23.8 Å². The Morgan fingerprint density at radius 2 is 2.00 bits per heavy atom. The molecule has 4 N–H and O–H groups in total. The van der Waals surface area contributed by atoms with Crippen molar-refractivity contribution < 1.29 is 0 Å². The van der Waals surface area contributed by atoms with E-state index in [1.165, 1.54) is 0 Å². The van der Waals surface area contributed by atoms with Gasteiger partial charge in [-0.15, -0.1) is 0 Å². The first kappa shape index (κ1) is 10.2. The van der Waals surface area contributed by atoms with Crippen LogP contribution in [0.3, 0.4) is 0 Å². The second kappa shape index (κ2) is 4.04. The van der Waals surface area contributed by atoms with Crippen LogP contribution in [0.5, 0.6) is 0 Å². The van der Waals surface area contributed by atoms with Crippen LogP contribution in [0.15, 0.2) is 29.3 Å². The molecule has 0 spiro atoms. The molecule has 2 rings (SSSR count). The SMILES string of the molecule is NC1=NC(c2ccc(Cl)cc2)NC(=S)N1. The maximum atomic E-state index is 5.79. The minimum Gasteiger partial charge on any atom is -0.370 e. The zero-order chi connectivity index (χ0) is 10.8. The standard InChI is InChI=1S/C9H9ClN4S/c10-6-3-1-5(2-4-6)7-12-8(11)14-9(15)13-7/h1-4,7H,(H4,11,12,13,14,15). The van der Waals surface area contributed by atoms with E-state index in [9.17, 15) is 0 Å². The van der Waals surface area contributed by atoms with Crippen molar-refractivity contribution in [3.05, 3.63) is 34.9 Å². The van der Waals surface area contributed by atoms with E-state index in [0.717, 1.165) is 5.56 Å². The first-order valence-electron chi connectivity index (χ1n) is 4.31. The molecule has 1 unspecified atom stereocenters. The highest BCUT2D eigenvalue weighted by molar-refractivity contribution is 7.80. The van der Waals surface area contributed by atoms with Gasteiger partial charge in [-0.05, 0) is 29.9 Å². The molecule has 1 aliphatic heterocycles. The van der Waals surface area contributed by atoms with Gasteiger partial charge in [0.25, 0.3) is 0 Å². The average Bonchev–Trinajstić information content (AvgIpc) is 2.17. The van der Waals surface area contributed by atoms with Crippen molar-refractivity contribution in [3.63, 3.8) is 0 Å². The Morgan fingerprint density at radius 3 is 2.60 bits per heavy atom.